The van der Waals surface area contributed by atoms with E-state index in [1.165, 1.54) is 29.1 Å². The third-order valence-electron chi connectivity index (χ3n) is 5.45. The van der Waals surface area contributed by atoms with Crippen LogP contribution in [0.1, 0.15) is 85.5 Å². The van der Waals surface area contributed by atoms with Crippen molar-refractivity contribution in [2.75, 3.05) is 5.32 Å². The van der Waals surface area contributed by atoms with Crippen LogP contribution in [0.5, 0.6) is 0 Å². The number of nitrogens with one attached hydrogen (secondary N) is 1. The summed E-state index contributed by atoms with van der Waals surface area (Å²) in [6, 6.07) is 5.91. The molecule has 0 aliphatic heterocycles. The van der Waals surface area contributed by atoms with E-state index >= 15 is 0 Å². The van der Waals surface area contributed by atoms with Crippen LogP contribution in [-0.4, -0.2) is 15.7 Å². The average Bonchev–Trinajstić information content (AvgIpc) is 2.98. The molecule has 27 heavy (non-hydrogen) atoms. The molecule has 0 saturated carbocycles. The molecule has 1 aliphatic rings. The lowest BCUT2D eigenvalue weighted by molar-refractivity contribution is 0.101. The normalized spacial score (nSPS) is 18.5. The molecule has 2 unspecified atom stereocenters. The highest BCUT2D eigenvalue weighted by Gasteiger charge is 2.40. The Hall–Kier alpha value is -2.24. The van der Waals surface area contributed by atoms with Gasteiger partial charge in [-0.2, -0.15) is 5.10 Å². The Morgan fingerprint density at radius 2 is 2.07 bits per heavy atom. The molecule has 0 bridgehead atoms. The summed E-state index contributed by atoms with van der Waals surface area (Å²) in [6.07, 6.45) is 1.89. The van der Waals surface area contributed by atoms with Gasteiger partial charge in [-0.25, -0.2) is 8.78 Å². The largest absolute Gasteiger partial charge is 0.322 e. The molecule has 6 heteroatoms. The SMILES string of the molecule is CCCCC1c2c(NC(=O)c3cn(C)nc3C(F)F)cccc2C1C(C)C. The minimum atomic E-state index is -2.78. The molecule has 3 rings (SSSR count). The van der Waals surface area contributed by atoms with Gasteiger partial charge in [0.25, 0.3) is 12.3 Å². The predicted octanol–water partition coefficient (Wildman–Crippen LogP) is 5.64. The van der Waals surface area contributed by atoms with E-state index in [0.717, 1.165) is 24.9 Å². The third kappa shape index (κ3) is 3.62. The van der Waals surface area contributed by atoms with Crippen molar-refractivity contribution < 1.29 is 13.6 Å². The summed E-state index contributed by atoms with van der Waals surface area (Å²) in [5.41, 5.74) is 2.62. The van der Waals surface area contributed by atoms with E-state index in [0.29, 0.717) is 17.8 Å². The van der Waals surface area contributed by atoms with Crippen LogP contribution in [0.2, 0.25) is 0 Å². The van der Waals surface area contributed by atoms with Gasteiger partial charge in [-0.05, 0) is 41.4 Å². The van der Waals surface area contributed by atoms with Crippen LogP contribution in [0, 0.1) is 5.92 Å². The van der Waals surface area contributed by atoms with E-state index in [9.17, 15) is 13.6 Å². The molecule has 2 aromatic rings. The number of aryl methyl sites for hydroxylation is 1. The summed E-state index contributed by atoms with van der Waals surface area (Å²) in [4.78, 5) is 12.7. The first-order valence-corrected chi connectivity index (χ1v) is 9.61. The van der Waals surface area contributed by atoms with E-state index in [4.69, 9.17) is 0 Å². The number of anilines is 1. The van der Waals surface area contributed by atoms with Crippen molar-refractivity contribution in [3.05, 3.63) is 46.8 Å². The Balaban J connectivity index is 1.90. The molecule has 1 amide bonds. The van der Waals surface area contributed by atoms with Crippen molar-refractivity contribution in [1.29, 1.82) is 0 Å². The second kappa shape index (κ2) is 7.79. The van der Waals surface area contributed by atoms with Crippen molar-refractivity contribution in [1.82, 2.24) is 9.78 Å². The smallest absolute Gasteiger partial charge is 0.282 e. The minimum absolute atomic E-state index is 0.0741. The van der Waals surface area contributed by atoms with Gasteiger partial charge < -0.3 is 5.32 Å². The topological polar surface area (TPSA) is 46.9 Å². The number of carbonyl (C=O) groups is 1. The summed E-state index contributed by atoms with van der Waals surface area (Å²) < 4.78 is 27.6. The Kier molecular flexibility index (Phi) is 5.63. The highest BCUT2D eigenvalue weighted by molar-refractivity contribution is 6.05. The van der Waals surface area contributed by atoms with Crippen molar-refractivity contribution in [2.24, 2.45) is 13.0 Å². The standard InChI is InChI=1S/C21H27F2N3O/c1-5-6-8-13-17(12(2)3)14-9-7-10-16(18(13)14)24-21(27)15-11-26(4)25-19(15)20(22)23/h7,9-13,17,20H,5-6,8H2,1-4H3,(H,24,27). The predicted molar refractivity (Wildman–Crippen MR) is 102 cm³/mol. The lowest BCUT2D eigenvalue weighted by atomic mass is 9.61. The van der Waals surface area contributed by atoms with Crippen LogP contribution in [0.25, 0.3) is 0 Å². The van der Waals surface area contributed by atoms with Gasteiger partial charge in [0.2, 0.25) is 0 Å². The number of benzene rings is 1. The molecule has 2 atom stereocenters. The summed E-state index contributed by atoms with van der Waals surface area (Å²) in [5.74, 6) is 0.876. The number of alkyl halides is 2. The Bertz CT molecular complexity index is 829. The van der Waals surface area contributed by atoms with Crippen molar-refractivity contribution >= 4 is 11.6 Å². The first-order chi connectivity index (χ1) is 12.8. The molecular weight excluding hydrogens is 348 g/mol. The number of halogens is 2. The number of rotatable bonds is 7. The fourth-order valence-electron chi connectivity index (χ4n) is 4.30. The molecule has 1 aromatic carbocycles. The molecule has 4 nitrogen and oxygen atoms in total. The second-order valence-electron chi connectivity index (χ2n) is 7.68. The van der Waals surface area contributed by atoms with Gasteiger partial charge in [-0.1, -0.05) is 45.7 Å². The van der Waals surface area contributed by atoms with Crippen molar-refractivity contribution in [3.63, 3.8) is 0 Å². The van der Waals surface area contributed by atoms with Gasteiger partial charge in [-0.15, -0.1) is 0 Å². The minimum Gasteiger partial charge on any atom is -0.322 e. The van der Waals surface area contributed by atoms with E-state index in [-0.39, 0.29) is 5.56 Å². The summed E-state index contributed by atoms with van der Waals surface area (Å²) in [6.45, 7) is 6.62. The zero-order valence-electron chi connectivity index (χ0n) is 16.3. The number of aromatic nitrogens is 2. The van der Waals surface area contributed by atoms with E-state index < -0.39 is 18.0 Å². The number of hydrogen-bond acceptors (Lipinski definition) is 2. The maximum Gasteiger partial charge on any atom is 0.282 e. The lowest BCUT2D eigenvalue weighted by Crippen LogP contribution is -2.30. The van der Waals surface area contributed by atoms with E-state index in [1.54, 1.807) is 0 Å². The van der Waals surface area contributed by atoms with Crippen LogP contribution >= 0.6 is 0 Å². The molecule has 0 radical (unpaired) electrons. The zero-order valence-corrected chi connectivity index (χ0v) is 16.3. The quantitative estimate of drug-likeness (QED) is 0.681. The second-order valence-corrected chi connectivity index (χ2v) is 7.68. The number of hydrogen-bond donors (Lipinski definition) is 1. The van der Waals surface area contributed by atoms with Gasteiger partial charge in [0, 0.05) is 18.9 Å². The van der Waals surface area contributed by atoms with Crippen LogP contribution in [0.4, 0.5) is 14.5 Å². The van der Waals surface area contributed by atoms with Gasteiger partial charge in [0.1, 0.15) is 5.69 Å². The zero-order chi connectivity index (χ0) is 19.7. The van der Waals surface area contributed by atoms with Crippen LogP contribution in [-0.2, 0) is 7.05 Å². The molecule has 1 aliphatic carbocycles. The highest BCUT2D eigenvalue weighted by Crippen LogP contribution is 2.55. The molecular formula is C21H27F2N3O. The fraction of sp³-hybridized carbons (Fsp3) is 0.524. The summed E-state index contributed by atoms with van der Waals surface area (Å²) in [7, 11) is 1.53. The maximum atomic E-state index is 13.2. The van der Waals surface area contributed by atoms with Crippen molar-refractivity contribution in [3.8, 4) is 0 Å². The number of unbranched alkanes of at least 4 members (excludes halogenated alkanes) is 1. The molecule has 146 valence electrons. The fourth-order valence-corrected chi connectivity index (χ4v) is 4.30. The molecule has 0 spiro atoms. The summed E-state index contributed by atoms with van der Waals surface area (Å²) >= 11 is 0. The van der Waals surface area contributed by atoms with Crippen LogP contribution in [0.3, 0.4) is 0 Å². The Morgan fingerprint density at radius 3 is 2.70 bits per heavy atom. The molecule has 0 fully saturated rings. The molecule has 1 heterocycles. The van der Waals surface area contributed by atoms with E-state index in [1.807, 2.05) is 12.1 Å². The first kappa shape index (κ1) is 19.5. The molecule has 1 aromatic heterocycles. The summed E-state index contributed by atoms with van der Waals surface area (Å²) in [5, 5.41) is 6.59. The number of fused-ring (bicyclic) bond motifs is 1. The van der Waals surface area contributed by atoms with Gasteiger partial charge in [0.05, 0.1) is 5.56 Å². The highest BCUT2D eigenvalue weighted by atomic mass is 19.3. The van der Waals surface area contributed by atoms with Crippen molar-refractivity contribution in [2.45, 2.75) is 58.3 Å². The average molecular weight is 375 g/mol. The third-order valence-corrected chi connectivity index (χ3v) is 5.45. The van der Waals surface area contributed by atoms with Gasteiger partial charge in [-0.3, -0.25) is 9.48 Å². The van der Waals surface area contributed by atoms with Gasteiger partial charge in [0.15, 0.2) is 0 Å². The molecule has 1 N–H and O–H groups in total. The number of carbonyl (C=O) groups excluding carboxylic acids is 1. The Morgan fingerprint density at radius 1 is 1.33 bits per heavy atom. The monoisotopic (exact) mass is 375 g/mol. The van der Waals surface area contributed by atoms with Crippen LogP contribution < -0.4 is 5.32 Å². The first-order valence-electron chi connectivity index (χ1n) is 9.61. The Labute approximate surface area is 159 Å². The molecule has 0 saturated heterocycles. The number of amides is 1. The van der Waals surface area contributed by atoms with Gasteiger partial charge >= 0.3 is 0 Å². The maximum absolute atomic E-state index is 13.2. The van der Waals surface area contributed by atoms with Crippen LogP contribution in [0.15, 0.2) is 24.4 Å². The van der Waals surface area contributed by atoms with E-state index in [2.05, 4.69) is 37.3 Å². The lowest BCUT2D eigenvalue weighted by Gasteiger charge is -2.44. The number of nitrogens with zero attached hydrogens (tertiary/aromatic N) is 2.